The molecule has 2 heteroatoms. The average molecular weight is 235 g/mol. The number of hydrogen-bond donors (Lipinski definition) is 1. The van der Waals surface area contributed by atoms with Crippen molar-refractivity contribution in [3.05, 3.63) is 35.9 Å². The minimum absolute atomic E-state index is 0.180. The molecule has 0 amide bonds. The molecule has 0 atom stereocenters. The van der Waals surface area contributed by atoms with Crippen LogP contribution in [-0.4, -0.2) is 19.3 Å². The maximum atomic E-state index is 5.67. The van der Waals surface area contributed by atoms with Gasteiger partial charge in [0.05, 0.1) is 12.7 Å². The largest absolute Gasteiger partial charge is 0.378 e. The second kappa shape index (κ2) is 6.77. The van der Waals surface area contributed by atoms with Crippen LogP contribution in [0.3, 0.4) is 0 Å². The van der Waals surface area contributed by atoms with Crippen molar-refractivity contribution in [1.82, 2.24) is 5.32 Å². The normalized spacial score (nSPS) is 12.1. The predicted octanol–water partition coefficient (Wildman–Crippen LogP) is 3.23. The third kappa shape index (κ3) is 6.44. The van der Waals surface area contributed by atoms with Gasteiger partial charge in [-0.25, -0.2) is 0 Å². The lowest BCUT2D eigenvalue weighted by Crippen LogP contribution is -2.33. The Morgan fingerprint density at radius 3 is 2.41 bits per heavy atom. The van der Waals surface area contributed by atoms with E-state index in [1.54, 1.807) is 0 Å². The van der Waals surface area contributed by atoms with Crippen LogP contribution in [0.5, 0.6) is 0 Å². The summed E-state index contributed by atoms with van der Waals surface area (Å²) in [5, 5.41) is 3.49. The zero-order chi connectivity index (χ0) is 12.7. The van der Waals surface area contributed by atoms with Gasteiger partial charge in [0.25, 0.3) is 0 Å². The van der Waals surface area contributed by atoms with Crippen molar-refractivity contribution in [1.29, 1.82) is 0 Å². The minimum atomic E-state index is 0.180. The molecule has 0 aliphatic carbocycles. The van der Waals surface area contributed by atoms with E-state index in [0.29, 0.717) is 6.10 Å². The maximum Gasteiger partial charge on any atom is 0.0532 e. The lowest BCUT2D eigenvalue weighted by atomic mass is 9.94. The van der Waals surface area contributed by atoms with Gasteiger partial charge >= 0.3 is 0 Å². The van der Waals surface area contributed by atoms with Crippen molar-refractivity contribution < 1.29 is 4.74 Å². The summed E-state index contributed by atoms with van der Waals surface area (Å²) in [6.07, 6.45) is 0.309. The van der Waals surface area contributed by atoms with Crippen LogP contribution in [0.4, 0.5) is 0 Å². The van der Waals surface area contributed by atoms with Crippen LogP contribution >= 0.6 is 0 Å². The van der Waals surface area contributed by atoms with Gasteiger partial charge in [-0.1, -0.05) is 44.2 Å². The van der Waals surface area contributed by atoms with Gasteiger partial charge in [-0.15, -0.1) is 0 Å². The molecule has 1 rings (SSSR count). The molecule has 17 heavy (non-hydrogen) atoms. The van der Waals surface area contributed by atoms with Crippen molar-refractivity contribution in [2.45, 2.75) is 40.3 Å². The zero-order valence-electron chi connectivity index (χ0n) is 11.5. The Morgan fingerprint density at radius 2 is 1.82 bits per heavy atom. The molecule has 0 unspecified atom stereocenters. The third-order valence-electron chi connectivity index (χ3n) is 2.58. The molecule has 1 N–H and O–H groups in total. The summed E-state index contributed by atoms with van der Waals surface area (Å²) < 4.78 is 5.67. The predicted molar refractivity (Wildman–Crippen MR) is 73.0 cm³/mol. The highest BCUT2D eigenvalue weighted by atomic mass is 16.5. The quantitative estimate of drug-likeness (QED) is 0.783. The van der Waals surface area contributed by atoms with Gasteiger partial charge in [-0.05, 0) is 19.4 Å². The molecule has 0 spiro atoms. The van der Waals surface area contributed by atoms with E-state index in [1.807, 2.05) is 6.07 Å². The highest BCUT2D eigenvalue weighted by Crippen LogP contribution is 2.15. The molecular formula is C15H25NO. The molecule has 0 aliphatic rings. The van der Waals surface area contributed by atoms with E-state index in [2.05, 4.69) is 57.3 Å². The van der Waals surface area contributed by atoms with E-state index < -0.39 is 0 Å². The van der Waals surface area contributed by atoms with Gasteiger partial charge in [0.15, 0.2) is 0 Å². The van der Waals surface area contributed by atoms with Gasteiger partial charge < -0.3 is 10.1 Å². The lowest BCUT2D eigenvalue weighted by Gasteiger charge is -2.26. The fraction of sp³-hybridized carbons (Fsp3) is 0.600. The first-order valence-electron chi connectivity index (χ1n) is 6.36. The van der Waals surface area contributed by atoms with Crippen LogP contribution in [0.2, 0.25) is 0 Å². The van der Waals surface area contributed by atoms with Crippen molar-refractivity contribution in [2.75, 3.05) is 13.2 Å². The van der Waals surface area contributed by atoms with Crippen molar-refractivity contribution in [2.24, 2.45) is 5.41 Å². The van der Waals surface area contributed by atoms with Crippen LogP contribution in [0, 0.1) is 5.41 Å². The molecule has 1 aromatic rings. The molecule has 0 saturated carbocycles. The standard InChI is InChI=1S/C15H25NO/c1-13(2)17-12-15(3,4)11-16-10-14-8-6-5-7-9-14/h5-9,13,16H,10-12H2,1-4H3. The molecule has 0 heterocycles. The molecule has 0 bridgehead atoms. The third-order valence-corrected chi connectivity index (χ3v) is 2.58. The average Bonchev–Trinajstić information content (AvgIpc) is 2.28. The monoisotopic (exact) mass is 235 g/mol. The van der Waals surface area contributed by atoms with Crippen molar-refractivity contribution >= 4 is 0 Å². The summed E-state index contributed by atoms with van der Waals surface area (Å²) in [6, 6.07) is 10.5. The number of nitrogens with one attached hydrogen (secondary N) is 1. The van der Waals surface area contributed by atoms with Gasteiger partial charge in [-0.2, -0.15) is 0 Å². The van der Waals surface area contributed by atoms with Crippen LogP contribution in [0.15, 0.2) is 30.3 Å². The second-order valence-corrected chi connectivity index (χ2v) is 5.61. The first-order valence-corrected chi connectivity index (χ1v) is 6.36. The summed E-state index contributed by atoms with van der Waals surface area (Å²) in [4.78, 5) is 0. The summed E-state index contributed by atoms with van der Waals surface area (Å²) in [5.41, 5.74) is 1.51. The number of rotatable bonds is 7. The maximum absolute atomic E-state index is 5.67. The molecule has 0 radical (unpaired) electrons. The van der Waals surface area contributed by atoms with E-state index in [-0.39, 0.29) is 5.41 Å². The van der Waals surface area contributed by atoms with Gasteiger partial charge in [0, 0.05) is 18.5 Å². The van der Waals surface area contributed by atoms with Crippen molar-refractivity contribution in [3.63, 3.8) is 0 Å². The number of hydrogen-bond acceptors (Lipinski definition) is 2. The molecule has 0 fully saturated rings. The molecule has 0 aliphatic heterocycles. The van der Waals surface area contributed by atoms with E-state index >= 15 is 0 Å². The van der Waals surface area contributed by atoms with Crippen LogP contribution in [-0.2, 0) is 11.3 Å². The van der Waals surface area contributed by atoms with Gasteiger partial charge in [0.2, 0.25) is 0 Å². The van der Waals surface area contributed by atoms with Crippen LogP contribution < -0.4 is 5.32 Å². The Bertz CT molecular complexity index is 306. The molecule has 1 aromatic carbocycles. The minimum Gasteiger partial charge on any atom is -0.378 e. The highest BCUT2D eigenvalue weighted by Gasteiger charge is 2.18. The highest BCUT2D eigenvalue weighted by molar-refractivity contribution is 5.14. The smallest absolute Gasteiger partial charge is 0.0532 e. The first kappa shape index (κ1) is 14.2. The summed E-state index contributed by atoms with van der Waals surface area (Å²) in [6.45, 7) is 11.3. The SMILES string of the molecule is CC(C)OCC(C)(C)CNCc1ccccc1. The van der Waals surface area contributed by atoms with Gasteiger partial charge in [0.1, 0.15) is 0 Å². The molecule has 0 aromatic heterocycles. The molecule has 0 saturated heterocycles. The Labute approximate surface area is 105 Å². The summed E-state index contributed by atoms with van der Waals surface area (Å²) in [5.74, 6) is 0. The lowest BCUT2D eigenvalue weighted by molar-refractivity contribution is 0.0216. The molecule has 2 nitrogen and oxygen atoms in total. The van der Waals surface area contributed by atoms with Crippen molar-refractivity contribution in [3.8, 4) is 0 Å². The van der Waals surface area contributed by atoms with E-state index in [1.165, 1.54) is 5.56 Å². The Morgan fingerprint density at radius 1 is 1.18 bits per heavy atom. The number of ether oxygens (including phenoxy) is 1. The number of benzene rings is 1. The van der Waals surface area contributed by atoms with Gasteiger partial charge in [-0.3, -0.25) is 0 Å². The van der Waals surface area contributed by atoms with Crippen LogP contribution in [0.25, 0.3) is 0 Å². The fourth-order valence-corrected chi connectivity index (χ4v) is 1.58. The Kier molecular flexibility index (Phi) is 5.66. The molecule has 96 valence electrons. The first-order chi connectivity index (χ1) is 7.99. The molecular weight excluding hydrogens is 210 g/mol. The van der Waals surface area contributed by atoms with E-state index in [9.17, 15) is 0 Å². The summed E-state index contributed by atoms with van der Waals surface area (Å²) in [7, 11) is 0. The zero-order valence-corrected chi connectivity index (χ0v) is 11.5. The fourth-order valence-electron chi connectivity index (χ4n) is 1.58. The van der Waals surface area contributed by atoms with E-state index in [0.717, 1.165) is 19.7 Å². The van der Waals surface area contributed by atoms with Crippen LogP contribution in [0.1, 0.15) is 33.3 Å². The topological polar surface area (TPSA) is 21.3 Å². The summed E-state index contributed by atoms with van der Waals surface area (Å²) >= 11 is 0. The Hall–Kier alpha value is -0.860. The second-order valence-electron chi connectivity index (χ2n) is 5.61. The van der Waals surface area contributed by atoms with E-state index in [4.69, 9.17) is 4.74 Å². The Balaban J connectivity index is 2.25.